The van der Waals surface area contributed by atoms with Crippen LogP contribution in [0, 0.1) is 18.7 Å². The molecule has 0 aliphatic rings. The second-order valence-electron chi connectivity index (χ2n) is 4.75. The monoisotopic (exact) mass is 237 g/mol. The van der Waals surface area contributed by atoms with Gasteiger partial charge in [0, 0.05) is 5.56 Å². The fourth-order valence-corrected chi connectivity index (χ4v) is 1.51. The number of nitrogens with one attached hydrogen (secondary N) is 1. The third-order valence-electron chi connectivity index (χ3n) is 2.66. The van der Waals surface area contributed by atoms with Gasteiger partial charge in [-0.15, -0.1) is 0 Å². The van der Waals surface area contributed by atoms with Crippen molar-refractivity contribution in [3.63, 3.8) is 0 Å². The zero-order valence-electron chi connectivity index (χ0n) is 10.7. The average molecular weight is 237 g/mol. The zero-order valence-corrected chi connectivity index (χ0v) is 10.7. The molecule has 0 aromatic heterocycles. The molecule has 1 N–H and O–H groups in total. The highest BCUT2D eigenvalue weighted by atomic mass is 19.1. The van der Waals surface area contributed by atoms with Gasteiger partial charge in [-0.3, -0.25) is 4.79 Å². The number of carbonyl (C=O) groups is 1. The molecule has 94 valence electrons. The molecule has 1 aromatic rings. The summed E-state index contributed by atoms with van der Waals surface area (Å²) in [5.41, 5.74) is 1.08. The van der Waals surface area contributed by atoms with Crippen LogP contribution in [-0.2, 0) is 0 Å². The first-order chi connectivity index (χ1) is 8.00. The van der Waals surface area contributed by atoms with E-state index in [1.807, 2.05) is 0 Å². The lowest BCUT2D eigenvalue weighted by molar-refractivity contribution is 0.0990. The lowest BCUT2D eigenvalue weighted by Gasteiger charge is -2.07. The van der Waals surface area contributed by atoms with Gasteiger partial charge in [-0.25, -0.2) is 4.39 Å². The third kappa shape index (κ3) is 4.65. The molecule has 0 fully saturated rings. The standard InChI is InChI=1S/C14H20FNO/c1-10(2)6-7-16-9-14(17)12-4-5-13(15)11(3)8-12/h4-5,8,10,16H,6-7,9H2,1-3H3. The molecule has 0 radical (unpaired) electrons. The van der Waals surface area contributed by atoms with Crippen LogP contribution >= 0.6 is 0 Å². The molecule has 0 amide bonds. The normalized spacial score (nSPS) is 10.9. The van der Waals surface area contributed by atoms with E-state index in [1.165, 1.54) is 12.1 Å². The number of Topliss-reactive ketones (excluding diaryl/α,β-unsaturated/α-hetero) is 1. The van der Waals surface area contributed by atoms with Crippen molar-refractivity contribution in [2.45, 2.75) is 27.2 Å². The minimum atomic E-state index is -0.269. The Bertz CT molecular complexity index is 388. The van der Waals surface area contributed by atoms with Crippen molar-refractivity contribution >= 4 is 5.78 Å². The van der Waals surface area contributed by atoms with Crippen molar-refractivity contribution in [1.82, 2.24) is 5.32 Å². The lowest BCUT2D eigenvalue weighted by Crippen LogP contribution is -2.24. The van der Waals surface area contributed by atoms with E-state index in [2.05, 4.69) is 19.2 Å². The van der Waals surface area contributed by atoms with Crippen LogP contribution in [0.3, 0.4) is 0 Å². The smallest absolute Gasteiger partial charge is 0.176 e. The molecule has 0 unspecified atom stereocenters. The fourth-order valence-electron chi connectivity index (χ4n) is 1.51. The van der Waals surface area contributed by atoms with E-state index in [-0.39, 0.29) is 11.6 Å². The molecule has 0 spiro atoms. The number of carbonyl (C=O) groups excluding carboxylic acids is 1. The quantitative estimate of drug-likeness (QED) is 0.609. The summed E-state index contributed by atoms with van der Waals surface area (Å²) in [5, 5.41) is 3.11. The van der Waals surface area contributed by atoms with Gasteiger partial charge in [0.25, 0.3) is 0 Å². The summed E-state index contributed by atoms with van der Waals surface area (Å²) in [6.45, 7) is 7.11. The van der Waals surface area contributed by atoms with Gasteiger partial charge in [-0.2, -0.15) is 0 Å². The number of benzene rings is 1. The van der Waals surface area contributed by atoms with Crippen molar-refractivity contribution in [2.75, 3.05) is 13.1 Å². The molecule has 17 heavy (non-hydrogen) atoms. The Kier molecular flexibility index (Phi) is 5.29. The number of hydrogen-bond donors (Lipinski definition) is 1. The Labute approximate surface area is 102 Å². The number of ketones is 1. The topological polar surface area (TPSA) is 29.1 Å². The van der Waals surface area contributed by atoms with Crippen LogP contribution in [0.25, 0.3) is 0 Å². The van der Waals surface area contributed by atoms with Crippen LogP contribution in [-0.4, -0.2) is 18.9 Å². The van der Waals surface area contributed by atoms with E-state index in [0.717, 1.165) is 13.0 Å². The van der Waals surface area contributed by atoms with Crippen molar-refractivity contribution in [3.8, 4) is 0 Å². The predicted molar refractivity (Wildman–Crippen MR) is 67.8 cm³/mol. The molecule has 1 rings (SSSR count). The minimum Gasteiger partial charge on any atom is -0.310 e. The molecule has 0 aliphatic heterocycles. The second kappa shape index (κ2) is 6.50. The highest BCUT2D eigenvalue weighted by Gasteiger charge is 2.07. The first kappa shape index (κ1) is 13.8. The van der Waals surface area contributed by atoms with Gasteiger partial charge < -0.3 is 5.32 Å². The Balaban J connectivity index is 2.44. The summed E-state index contributed by atoms with van der Waals surface area (Å²) < 4.78 is 13.0. The van der Waals surface area contributed by atoms with Gasteiger partial charge in [0.05, 0.1) is 6.54 Å². The molecule has 2 nitrogen and oxygen atoms in total. The number of halogens is 1. The average Bonchev–Trinajstić information content (AvgIpc) is 2.27. The van der Waals surface area contributed by atoms with Crippen LogP contribution in [0.4, 0.5) is 4.39 Å². The molecule has 3 heteroatoms. The second-order valence-corrected chi connectivity index (χ2v) is 4.75. The van der Waals surface area contributed by atoms with Crippen molar-refractivity contribution in [3.05, 3.63) is 35.1 Å². The number of hydrogen-bond acceptors (Lipinski definition) is 2. The Hall–Kier alpha value is -1.22. The lowest BCUT2D eigenvalue weighted by atomic mass is 10.1. The van der Waals surface area contributed by atoms with Crippen molar-refractivity contribution in [2.24, 2.45) is 5.92 Å². The first-order valence-corrected chi connectivity index (χ1v) is 6.00. The molecule has 0 atom stereocenters. The van der Waals surface area contributed by atoms with Gasteiger partial charge in [-0.05, 0) is 49.6 Å². The zero-order chi connectivity index (χ0) is 12.8. The SMILES string of the molecule is Cc1cc(C(=O)CNCCC(C)C)ccc1F. The summed E-state index contributed by atoms with van der Waals surface area (Å²) >= 11 is 0. The summed E-state index contributed by atoms with van der Waals surface area (Å²) in [7, 11) is 0. The molecule has 0 saturated heterocycles. The van der Waals surface area contributed by atoms with E-state index in [9.17, 15) is 9.18 Å². The highest BCUT2D eigenvalue weighted by Crippen LogP contribution is 2.09. The Morgan fingerprint density at radius 1 is 1.41 bits per heavy atom. The maximum Gasteiger partial charge on any atom is 0.176 e. The maximum absolute atomic E-state index is 13.0. The van der Waals surface area contributed by atoms with Crippen molar-refractivity contribution in [1.29, 1.82) is 0 Å². The molecule has 1 aromatic carbocycles. The van der Waals surface area contributed by atoms with Crippen LogP contribution < -0.4 is 5.32 Å². The van der Waals surface area contributed by atoms with Gasteiger partial charge >= 0.3 is 0 Å². The van der Waals surface area contributed by atoms with Crippen molar-refractivity contribution < 1.29 is 9.18 Å². The summed E-state index contributed by atoms with van der Waals surface area (Å²) in [5.74, 6) is 0.372. The van der Waals surface area contributed by atoms with Crippen LogP contribution in [0.5, 0.6) is 0 Å². The van der Waals surface area contributed by atoms with E-state index in [4.69, 9.17) is 0 Å². The number of rotatable bonds is 6. The first-order valence-electron chi connectivity index (χ1n) is 6.00. The summed E-state index contributed by atoms with van der Waals surface area (Å²) in [6, 6.07) is 4.48. The Morgan fingerprint density at radius 2 is 2.12 bits per heavy atom. The Morgan fingerprint density at radius 3 is 2.71 bits per heavy atom. The van der Waals surface area contributed by atoms with Gasteiger partial charge in [0.1, 0.15) is 5.82 Å². The third-order valence-corrected chi connectivity index (χ3v) is 2.66. The molecule has 0 heterocycles. The largest absolute Gasteiger partial charge is 0.310 e. The molecular formula is C14H20FNO. The fraction of sp³-hybridized carbons (Fsp3) is 0.500. The summed E-state index contributed by atoms with van der Waals surface area (Å²) in [6.07, 6.45) is 1.05. The van der Waals surface area contributed by atoms with Crippen LogP contribution in [0.15, 0.2) is 18.2 Å². The van der Waals surface area contributed by atoms with E-state index >= 15 is 0 Å². The molecule has 0 bridgehead atoms. The predicted octanol–water partition coefficient (Wildman–Crippen LogP) is 2.95. The van der Waals surface area contributed by atoms with Gasteiger partial charge in [0.2, 0.25) is 0 Å². The van der Waals surface area contributed by atoms with Crippen LogP contribution in [0.1, 0.15) is 36.2 Å². The number of aryl methyl sites for hydroxylation is 1. The van der Waals surface area contributed by atoms with E-state index in [0.29, 0.717) is 23.6 Å². The molecule has 0 saturated carbocycles. The van der Waals surface area contributed by atoms with Gasteiger partial charge in [-0.1, -0.05) is 13.8 Å². The maximum atomic E-state index is 13.0. The van der Waals surface area contributed by atoms with Gasteiger partial charge in [0.15, 0.2) is 5.78 Å². The molecule has 0 aliphatic carbocycles. The van der Waals surface area contributed by atoms with Crippen LogP contribution in [0.2, 0.25) is 0 Å². The minimum absolute atomic E-state index is 0.0110. The van der Waals surface area contributed by atoms with E-state index in [1.54, 1.807) is 13.0 Å². The highest BCUT2D eigenvalue weighted by molar-refractivity contribution is 5.97. The molecular weight excluding hydrogens is 217 g/mol. The summed E-state index contributed by atoms with van der Waals surface area (Å²) in [4.78, 5) is 11.8. The van der Waals surface area contributed by atoms with E-state index < -0.39 is 0 Å².